The standard InChI is InChI=1S/C14H12BrF3N2O/c1-20-10(6-7-19-20)3-5-13(21)11-8-9(14(16,17)18)2-4-12(11)15/h2,4,6-8H,3,5H2,1H3. The van der Waals surface area contributed by atoms with E-state index in [1.54, 1.807) is 24.0 Å². The maximum atomic E-state index is 12.7. The van der Waals surface area contributed by atoms with Crippen molar-refractivity contribution in [3.8, 4) is 0 Å². The summed E-state index contributed by atoms with van der Waals surface area (Å²) in [5, 5.41) is 3.98. The van der Waals surface area contributed by atoms with Gasteiger partial charge in [-0.1, -0.05) is 15.9 Å². The lowest BCUT2D eigenvalue weighted by Gasteiger charge is -2.10. The van der Waals surface area contributed by atoms with E-state index in [2.05, 4.69) is 21.0 Å². The molecule has 2 aromatic rings. The van der Waals surface area contributed by atoms with E-state index in [1.165, 1.54) is 6.07 Å². The van der Waals surface area contributed by atoms with Gasteiger partial charge in [-0.25, -0.2) is 0 Å². The van der Waals surface area contributed by atoms with E-state index in [0.717, 1.165) is 17.8 Å². The largest absolute Gasteiger partial charge is 0.416 e. The number of ketones is 1. The monoisotopic (exact) mass is 360 g/mol. The van der Waals surface area contributed by atoms with Gasteiger partial charge in [-0.2, -0.15) is 18.3 Å². The number of alkyl halides is 3. The molecule has 0 atom stereocenters. The normalized spacial score (nSPS) is 11.7. The van der Waals surface area contributed by atoms with Crippen LogP contribution in [0.2, 0.25) is 0 Å². The van der Waals surface area contributed by atoms with Crippen LogP contribution >= 0.6 is 15.9 Å². The molecule has 112 valence electrons. The van der Waals surface area contributed by atoms with Gasteiger partial charge < -0.3 is 0 Å². The van der Waals surface area contributed by atoms with Crippen molar-refractivity contribution in [3.05, 3.63) is 51.8 Å². The summed E-state index contributed by atoms with van der Waals surface area (Å²) < 4.78 is 40.1. The second-order valence-corrected chi connectivity index (χ2v) is 5.42. The summed E-state index contributed by atoms with van der Waals surface area (Å²) >= 11 is 3.13. The number of hydrogen-bond acceptors (Lipinski definition) is 2. The van der Waals surface area contributed by atoms with Crippen LogP contribution in [0.15, 0.2) is 34.9 Å². The molecule has 0 spiro atoms. The molecule has 21 heavy (non-hydrogen) atoms. The van der Waals surface area contributed by atoms with Gasteiger partial charge in [-0.3, -0.25) is 9.48 Å². The smallest absolute Gasteiger partial charge is 0.294 e. The highest BCUT2D eigenvalue weighted by Gasteiger charge is 2.31. The zero-order chi connectivity index (χ0) is 15.6. The number of nitrogens with zero attached hydrogens (tertiary/aromatic N) is 2. The van der Waals surface area contributed by atoms with Crippen molar-refractivity contribution in [3.63, 3.8) is 0 Å². The Labute approximate surface area is 127 Å². The highest BCUT2D eigenvalue weighted by molar-refractivity contribution is 9.10. The van der Waals surface area contributed by atoms with Crippen LogP contribution in [0.4, 0.5) is 13.2 Å². The number of carbonyl (C=O) groups is 1. The van der Waals surface area contributed by atoms with Crippen molar-refractivity contribution in [2.45, 2.75) is 19.0 Å². The zero-order valence-corrected chi connectivity index (χ0v) is 12.7. The average Bonchev–Trinajstić information content (AvgIpc) is 2.80. The van der Waals surface area contributed by atoms with Gasteiger partial charge in [0, 0.05) is 35.4 Å². The molecule has 2 rings (SSSR count). The van der Waals surface area contributed by atoms with Gasteiger partial charge in [0.25, 0.3) is 0 Å². The van der Waals surface area contributed by atoms with Gasteiger partial charge in [0.15, 0.2) is 5.78 Å². The van der Waals surface area contributed by atoms with E-state index in [4.69, 9.17) is 0 Å². The molecular weight excluding hydrogens is 349 g/mol. The molecule has 0 aliphatic heterocycles. The number of halogens is 4. The molecule has 0 fully saturated rings. The molecule has 0 unspecified atom stereocenters. The Kier molecular flexibility index (Phi) is 4.51. The van der Waals surface area contributed by atoms with Crippen molar-refractivity contribution >= 4 is 21.7 Å². The predicted octanol–water partition coefficient (Wildman–Crippen LogP) is 4.02. The third-order valence-electron chi connectivity index (χ3n) is 3.12. The quantitative estimate of drug-likeness (QED) is 0.772. The van der Waals surface area contributed by atoms with E-state index in [9.17, 15) is 18.0 Å². The molecule has 0 N–H and O–H groups in total. The van der Waals surface area contributed by atoms with E-state index in [-0.39, 0.29) is 17.8 Å². The molecule has 3 nitrogen and oxygen atoms in total. The Hall–Kier alpha value is -1.63. The molecule has 0 amide bonds. The molecule has 7 heteroatoms. The average molecular weight is 361 g/mol. The van der Waals surface area contributed by atoms with Gasteiger partial charge in [0.05, 0.1) is 5.56 Å². The summed E-state index contributed by atoms with van der Waals surface area (Å²) in [4.78, 5) is 12.1. The molecule has 0 radical (unpaired) electrons. The van der Waals surface area contributed by atoms with Gasteiger partial charge in [0.2, 0.25) is 0 Å². The van der Waals surface area contributed by atoms with Gasteiger partial charge >= 0.3 is 6.18 Å². The lowest BCUT2D eigenvalue weighted by atomic mass is 10.0. The third-order valence-corrected chi connectivity index (χ3v) is 3.82. The Bertz CT molecular complexity index is 664. The maximum Gasteiger partial charge on any atom is 0.416 e. The number of Topliss-reactive ketones (excluding diaryl/α,β-unsaturated/α-hetero) is 1. The molecule has 0 aliphatic carbocycles. The van der Waals surface area contributed by atoms with Crippen LogP contribution in [0.3, 0.4) is 0 Å². The Morgan fingerprint density at radius 3 is 2.62 bits per heavy atom. The SMILES string of the molecule is Cn1nccc1CCC(=O)c1cc(C(F)(F)F)ccc1Br. The van der Waals surface area contributed by atoms with Gasteiger partial charge in [0.1, 0.15) is 0 Å². The van der Waals surface area contributed by atoms with Crippen LogP contribution in [0.5, 0.6) is 0 Å². The van der Waals surface area contributed by atoms with Gasteiger partial charge in [-0.05, 0) is 30.7 Å². The number of aromatic nitrogens is 2. The molecule has 1 aromatic carbocycles. The Morgan fingerprint density at radius 1 is 1.33 bits per heavy atom. The van der Waals surface area contributed by atoms with Crippen molar-refractivity contribution in [1.82, 2.24) is 9.78 Å². The fourth-order valence-corrected chi connectivity index (χ4v) is 2.41. The summed E-state index contributed by atoms with van der Waals surface area (Å²) in [5.41, 5.74) is 0.0769. The number of hydrogen-bond donors (Lipinski definition) is 0. The second kappa shape index (κ2) is 6.01. The Morgan fingerprint density at radius 2 is 2.05 bits per heavy atom. The number of rotatable bonds is 4. The summed E-state index contributed by atoms with van der Waals surface area (Å²) in [6.07, 6.45) is -2.30. The highest BCUT2D eigenvalue weighted by Crippen LogP contribution is 2.32. The fraction of sp³-hybridized carbons (Fsp3) is 0.286. The minimum atomic E-state index is -4.46. The summed E-state index contributed by atoms with van der Waals surface area (Å²) in [7, 11) is 1.75. The van der Waals surface area contributed by atoms with E-state index in [1.807, 2.05) is 0 Å². The van der Waals surface area contributed by atoms with Crippen LogP contribution < -0.4 is 0 Å². The van der Waals surface area contributed by atoms with Crippen molar-refractivity contribution in [1.29, 1.82) is 0 Å². The second-order valence-electron chi connectivity index (χ2n) is 4.56. The van der Waals surface area contributed by atoms with Crippen molar-refractivity contribution < 1.29 is 18.0 Å². The minimum absolute atomic E-state index is 0.0481. The highest BCUT2D eigenvalue weighted by atomic mass is 79.9. The summed E-state index contributed by atoms with van der Waals surface area (Å²) in [6, 6.07) is 4.85. The number of benzene rings is 1. The number of carbonyl (C=O) groups excluding carboxylic acids is 1. The molecule has 0 aliphatic rings. The van der Waals surface area contributed by atoms with E-state index in [0.29, 0.717) is 10.9 Å². The first-order chi connectivity index (χ1) is 9.79. The summed E-state index contributed by atoms with van der Waals surface area (Å²) in [5.74, 6) is -0.339. The lowest BCUT2D eigenvalue weighted by Crippen LogP contribution is -2.09. The first-order valence-electron chi connectivity index (χ1n) is 6.16. The van der Waals surface area contributed by atoms with Crippen LogP contribution in [0.1, 0.15) is 28.0 Å². The van der Waals surface area contributed by atoms with Crippen molar-refractivity contribution in [2.75, 3.05) is 0 Å². The van der Waals surface area contributed by atoms with Gasteiger partial charge in [-0.15, -0.1) is 0 Å². The van der Waals surface area contributed by atoms with Crippen LogP contribution in [0, 0.1) is 0 Å². The van der Waals surface area contributed by atoms with Crippen LogP contribution in [-0.2, 0) is 19.6 Å². The number of aryl methyl sites for hydroxylation is 2. The van der Waals surface area contributed by atoms with Crippen LogP contribution in [0.25, 0.3) is 0 Å². The van der Waals surface area contributed by atoms with E-state index < -0.39 is 11.7 Å². The zero-order valence-electron chi connectivity index (χ0n) is 11.1. The first kappa shape index (κ1) is 15.8. The lowest BCUT2D eigenvalue weighted by molar-refractivity contribution is -0.137. The van der Waals surface area contributed by atoms with Crippen LogP contribution in [-0.4, -0.2) is 15.6 Å². The molecule has 1 heterocycles. The predicted molar refractivity (Wildman–Crippen MR) is 75.0 cm³/mol. The molecule has 1 aromatic heterocycles. The third kappa shape index (κ3) is 3.72. The summed E-state index contributed by atoms with van der Waals surface area (Å²) in [6.45, 7) is 0. The van der Waals surface area contributed by atoms with E-state index >= 15 is 0 Å². The molecule has 0 bridgehead atoms. The molecule has 0 saturated heterocycles. The minimum Gasteiger partial charge on any atom is -0.294 e. The molecular formula is C14H12BrF3N2O. The molecule has 0 saturated carbocycles. The maximum absolute atomic E-state index is 12.7. The Balaban J connectivity index is 2.17. The topological polar surface area (TPSA) is 34.9 Å². The fourth-order valence-electron chi connectivity index (χ4n) is 1.94. The van der Waals surface area contributed by atoms with Crippen molar-refractivity contribution in [2.24, 2.45) is 7.05 Å². The first-order valence-corrected chi connectivity index (χ1v) is 6.95.